The number of halogens is 1. The van der Waals surface area contributed by atoms with Gasteiger partial charge in [0.05, 0.1) is 0 Å². The van der Waals surface area contributed by atoms with E-state index >= 15 is 0 Å². The van der Waals surface area contributed by atoms with Crippen molar-refractivity contribution in [2.24, 2.45) is 0 Å². The van der Waals surface area contributed by atoms with Gasteiger partial charge in [-0.3, -0.25) is 9.59 Å². The maximum atomic E-state index is 11.4. The number of carboxylic acids is 1. The lowest BCUT2D eigenvalue weighted by atomic mass is 10.1. The molecule has 80 valence electrons. The number of aryl methyl sites for hydroxylation is 1. The highest BCUT2D eigenvalue weighted by Crippen LogP contribution is 2.17. The van der Waals surface area contributed by atoms with Gasteiger partial charge in [-0.25, -0.2) is 0 Å². The first kappa shape index (κ1) is 11.7. The highest BCUT2D eigenvalue weighted by molar-refractivity contribution is 9.10. The third kappa shape index (κ3) is 3.36. The van der Waals surface area contributed by atoms with Gasteiger partial charge < -0.3 is 10.4 Å². The van der Waals surface area contributed by atoms with Crippen molar-refractivity contribution in [3.05, 3.63) is 33.8 Å². The minimum absolute atomic E-state index is 0.371. The maximum Gasteiger partial charge on any atom is 0.322 e. The number of carboxylic acid groups (broad SMARTS) is 1. The third-order valence-corrected chi connectivity index (χ3v) is 2.69. The molecule has 0 saturated carbocycles. The normalized spacial score (nSPS) is 9.73. The fourth-order valence-corrected chi connectivity index (χ4v) is 1.37. The van der Waals surface area contributed by atoms with Gasteiger partial charge in [0.1, 0.15) is 6.54 Å². The summed E-state index contributed by atoms with van der Waals surface area (Å²) < 4.78 is 0.825. The highest BCUT2D eigenvalue weighted by Gasteiger charge is 2.07. The zero-order valence-corrected chi connectivity index (χ0v) is 9.67. The van der Waals surface area contributed by atoms with Crippen molar-refractivity contribution in [1.29, 1.82) is 0 Å². The van der Waals surface area contributed by atoms with Gasteiger partial charge in [-0.1, -0.05) is 22.0 Å². The van der Waals surface area contributed by atoms with Crippen LogP contribution >= 0.6 is 15.9 Å². The molecular formula is C10H10BrNO3. The van der Waals surface area contributed by atoms with Crippen LogP contribution in [0.1, 0.15) is 15.9 Å². The van der Waals surface area contributed by atoms with Crippen LogP contribution in [0.4, 0.5) is 0 Å². The van der Waals surface area contributed by atoms with E-state index in [1.165, 1.54) is 0 Å². The molecule has 0 aliphatic heterocycles. The van der Waals surface area contributed by atoms with E-state index in [2.05, 4.69) is 21.2 Å². The lowest BCUT2D eigenvalue weighted by Gasteiger charge is -2.04. The van der Waals surface area contributed by atoms with E-state index in [4.69, 9.17) is 5.11 Å². The molecule has 5 heteroatoms. The monoisotopic (exact) mass is 271 g/mol. The lowest BCUT2D eigenvalue weighted by Crippen LogP contribution is -2.29. The van der Waals surface area contributed by atoms with Crippen molar-refractivity contribution in [2.75, 3.05) is 6.54 Å². The van der Waals surface area contributed by atoms with Crippen molar-refractivity contribution in [2.45, 2.75) is 6.92 Å². The molecule has 0 bridgehead atoms. The molecule has 0 atom stereocenters. The molecule has 0 aromatic heterocycles. The van der Waals surface area contributed by atoms with E-state index in [0.29, 0.717) is 5.56 Å². The summed E-state index contributed by atoms with van der Waals surface area (Å²) in [6.07, 6.45) is 0. The second-order valence-electron chi connectivity index (χ2n) is 3.04. The summed E-state index contributed by atoms with van der Waals surface area (Å²) in [6, 6.07) is 5.10. The molecule has 0 aliphatic rings. The van der Waals surface area contributed by atoms with Gasteiger partial charge in [-0.15, -0.1) is 0 Å². The lowest BCUT2D eigenvalue weighted by molar-refractivity contribution is -0.135. The van der Waals surface area contributed by atoms with E-state index in [-0.39, 0.29) is 6.54 Å². The Labute approximate surface area is 95.4 Å². The average Bonchev–Trinajstić information content (AvgIpc) is 2.18. The maximum absolute atomic E-state index is 11.4. The van der Waals surface area contributed by atoms with Crippen molar-refractivity contribution in [3.63, 3.8) is 0 Å². The van der Waals surface area contributed by atoms with Crippen LogP contribution in [0, 0.1) is 6.92 Å². The zero-order chi connectivity index (χ0) is 11.4. The van der Waals surface area contributed by atoms with Gasteiger partial charge in [0.15, 0.2) is 0 Å². The van der Waals surface area contributed by atoms with Crippen molar-refractivity contribution < 1.29 is 14.7 Å². The van der Waals surface area contributed by atoms with Gasteiger partial charge in [-0.05, 0) is 24.6 Å². The number of rotatable bonds is 3. The average molecular weight is 272 g/mol. The van der Waals surface area contributed by atoms with E-state index in [0.717, 1.165) is 10.0 Å². The Morgan fingerprint density at radius 1 is 1.47 bits per heavy atom. The number of aliphatic carboxylic acids is 1. The molecule has 0 fully saturated rings. The van der Waals surface area contributed by atoms with E-state index < -0.39 is 11.9 Å². The summed E-state index contributed by atoms with van der Waals surface area (Å²) in [7, 11) is 0. The molecule has 2 N–H and O–H groups in total. The highest BCUT2D eigenvalue weighted by atomic mass is 79.9. The van der Waals surface area contributed by atoms with Gasteiger partial charge in [0, 0.05) is 10.0 Å². The van der Waals surface area contributed by atoms with Crippen LogP contribution in [-0.2, 0) is 4.79 Å². The molecule has 1 rings (SSSR count). The fraction of sp³-hybridized carbons (Fsp3) is 0.200. The standard InChI is InChI=1S/C10H10BrNO3/c1-6-2-3-7(4-8(6)11)10(15)12-5-9(13)14/h2-4H,5H2,1H3,(H,12,15)(H,13,14). The van der Waals surface area contributed by atoms with Crippen LogP contribution < -0.4 is 5.32 Å². The van der Waals surface area contributed by atoms with Crippen molar-refractivity contribution in [3.8, 4) is 0 Å². The summed E-state index contributed by atoms with van der Waals surface area (Å²) in [6.45, 7) is 1.54. The van der Waals surface area contributed by atoms with Gasteiger partial charge in [0.2, 0.25) is 0 Å². The second kappa shape index (κ2) is 4.93. The summed E-state index contributed by atoms with van der Waals surface area (Å²) in [4.78, 5) is 21.6. The quantitative estimate of drug-likeness (QED) is 0.877. The van der Waals surface area contributed by atoms with Crippen LogP contribution in [0.15, 0.2) is 22.7 Å². The molecule has 1 amide bonds. The van der Waals surface area contributed by atoms with E-state index in [1.54, 1.807) is 18.2 Å². The minimum Gasteiger partial charge on any atom is -0.480 e. The molecular weight excluding hydrogens is 262 g/mol. The molecule has 4 nitrogen and oxygen atoms in total. The number of hydrogen-bond acceptors (Lipinski definition) is 2. The smallest absolute Gasteiger partial charge is 0.322 e. The van der Waals surface area contributed by atoms with Crippen molar-refractivity contribution in [1.82, 2.24) is 5.32 Å². The Bertz CT molecular complexity index is 404. The number of hydrogen-bond donors (Lipinski definition) is 2. The van der Waals surface area contributed by atoms with E-state index in [1.807, 2.05) is 6.92 Å². The minimum atomic E-state index is -1.06. The fourth-order valence-electron chi connectivity index (χ4n) is 0.992. The Hall–Kier alpha value is -1.36. The first-order valence-electron chi connectivity index (χ1n) is 4.27. The summed E-state index contributed by atoms with van der Waals surface area (Å²) in [5.74, 6) is -1.45. The summed E-state index contributed by atoms with van der Waals surface area (Å²) in [5, 5.41) is 10.7. The molecule has 0 aliphatic carbocycles. The molecule has 0 unspecified atom stereocenters. The van der Waals surface area contributed by atoms with Crippen LogP contribution in [0.5, 0.6) is 0 Å². The summed E-state index contributed by atoms with van der Waals surface area (Å²) in [5.41, 5.74) is 1.46. The summed E-state index contributed by atoms with van der Waals surface area (Å²) >= 11 is 3.30. The number of benzene rings is 1. The van der Waals surface area contributed by atoms with Crippen LogP contribution in [-0.4, -0.2) is 23.5 Å². The van der Waals surface area contributed by atoms with Gasteiger partial charge in [0.25, 0.3) is 5.91 Å². The molecule has 1 aromatic rings. The largest absolute Gasteiger partial charge is 0.480 e. The van der Waals surface area contributed by atoms with Crippen LogP contribution in [0.2, 0.25) is 0 Å². The molecule has 0 radical (unpaired) electrons. The van der Waals surface area contributed by atoms with Gasteiger partial charge in [-0.2, -0.15) is 0 Å². The van der Waals surface area contributed by atoms with Gasteiger partial charge >= 0.3 is 5.97 Å². The molecule has 0 spiro atoms. The molecule has 1 aromatic carbocycles. The first-order chi connectivity index (χ1) is 7.00. The number of nitrogens with one attached hydrogen (secondary N) is 1. The Morgan fingerprint density at radius 2 is 2.13 bits per heavy atom. The van der Waals surface area contributed by atoms with Crippen LogP contribution in [0.25, 0.3) is 0 Å². The predicted octanol–water partition coefficient (Wildman–Crippen LogP) is 1.57. The first-order valence-corrected chi connectivity index (χ1v) is 5.06. The SMILES string of the molecule is Cc1ccc(C(=O)NCC(=O)O)cc1Br. The number of carbonyl (C=O) groups excluding carboxylic acids is 1. The number of amides is 1. The predicted molar refractivity (Wildman–Crippen MR) is 58.8 cm³/mol. The molecule has 0 saturated heterocycles. The molecule has 15 heavy (non-hydrogen) atoms. The Balaban J connectivity index is 2.74. The zero-order valence-electron chi connectivity index (χ0n) is 8.08. The number of carbonyl (C=O) groups is 2. The van der Waals surface area contributed by atoms with Crippen molar-refractivity contribution >= 4 is 27.8 Å². The van der Waals surface area contributed by atoms with Crippen LogP contribution in [0.3, 0.4) is 0 Å². The Morgan fingerprint density at radius 3 is 2.67 bits per heavy atom. The molecule has 0 heterocycles. The second-order valence-corrected chi connectivity index (χ2v) is 3.89. The Kier molecular flexibility index (Phi) is 3.85. The third-order valence-electron chi connectivity index (χ3n) is 1.83. The van der Waals surface area contributed by atoms with E-state index in [9.17, 15) is 9.59 Å². The topological polar surface area (TPSA) is 66.4 Å².